The lowest BCUT2D eigenvalue weighted by Gasteiger charge is -2.10. The molecule has 0 radical (unpaired) electrons. The maximum absolute atomic E-state index is 12.7. The first kappa shape index (κ1) is 12.2. The molecule has 0 aliphatic carbocycles. The number of hydrogen-bond acceptors (Lipinski definition) is 2. The van der Waals surface area contributed by atoms with Crippen LogP contribution in [0.25, 0.3) is 10.9 Å². The van der Waals surface area contributed by atoms with Gasteiger partial charge >= 0.3 is 6.18 Å². The van der Waals surface area contributed by atoms with E-state index in [9.17, 15) is 18.0 Å². The number of aromatic amines is 1. The Balaban J connectivity index is 2.97. The highest BCUT2D eigenvalue weighted by Gasteiger charge is 2.36. The molecule has 0 unspecified atom stereocenters. The number of pyridine rings is 1. The molecule has 0 saturated heterocycles. The van der Waals surface area contributed by atoms with Crippen molar-refractivity contribution in [2.75, 3.05) is 0 Å². The summed E-state index contributed by atoms with van der Waals surface area (Å²) in [5.74, 6) is 0. The van der Waals surface area contributed by atoms with E-state index in [0.717, 1.165) is 5.56 Å². The fraction of sp³-hybridized carbons (Fsp3) is 0.167. The molecule has 6 heteroatoms. The quantitative estimate of drug-likeness (QED) is 0.783. The smallest absolute Gasteiger partial charge is 0.350 e. The molecule has 0 spiro atoms. The molecular formula is C12H7F3N2O. The third-order valence-corrected chi connectivity index (χ3v) is 2.55. The number of aromatic nitrogens is 1. The second-order valence-corrected chi connectivity index (χ2v) is 3.86. The third-order valence-electron chi connectivity index (χ3n) is 2.55. The van der Waals surface area contributed by atoms with Gasteiger partial charge in [-0.3, -0.25) is 4.79 Å². The van der Waals surface area contributed by atoms with Gasteiger partial charge in [0.2, 0.25) is 5.43 Å². The van der Waals surface area contributed by atoms with E-state index in [4.69, 9.17) is 5.26 Å². The standard InChI is InChI=1S/C12H7F3N2O/c1-6-2-3-9-7(4-6)10(18)8(5-16)11(17-9)12(13,14)15/h2-4H,1H3,(H,17,18). The Morgan fingerprint density at radius 1 is 1.33 bits per heavy atom. The number of rotatable bonds is 0. The van der Waals surface area contributed by atoms with E-state index < -0.39 is 22.9 Å². The topological polar surface area (TPSA) is 56.6 Å². The molecule has 0 atom stereocenters. The van der Waals surface area contributed by atoms with E-state index >= 15 is 0 Å². The zero-order valence-electron chi connectivity index (χ0n) is 9.22. The summed E-state index contributed by atoms with van der Waals surface area (Å²) >= 11 is 0. The fourth-order valence-corrected chi connectivity index (χ4v) is 1.72. The Morgan fingerprint density at radius 3 is 2.56 bits per heavy atom. The number of nitrogens with zero attached hydrogens (tertiary/aromatic N) is 1. The van der Waals surface area contributed by atoms with Gasteiger partial charge < -0.3 is 4.98 Å². The Morgan fingerprint density at radius 2 is 2.00 bits per heavy atom. The molecule has 1 aromatic heterocycles. The minimum atomic E-state index is -4.76. The summed E-state index contributed by atoms with van der Waals surface area (Å²) < 4.78 is 38.1. The van der Waals surface area contributed by atoms with Gasteiger partial charge in [-0.25, -0.2) is 0 Å². The van der Waals surface area contributed by atoms with Crippen molar-refractivity contribution >= 4 is 10.9 Å². The first-order valence-electron chi connectivity index (χ1n) is 4.98. The van der Waals surface area contributed by atoms with Gasteiger partial charge in [-0.1, -0.05) is 11.6 Å². The van der Waals surface area contributed by atoms with E-state index in [-0.39, 0.29) is 10.9 Å². The predicted molar refractivity (Wildman–Crippen MR) is 59.0 cm³/mol. The molecular weight excluding hydrogens is 245 g/mol. The van der Waals surface area contributed by atoms with Crippen LogP contribution in [0.5, 0.6) is 0 Å². The van der Waals surface area contributed by atoms with Crippen LogP contribution in [0.2, 0.25) is 0 Å². The summed E-state index contributed by atoms with van der Waals surface area (Å²) in [6, 6.07) is 5.75. The molecule has 0 fully saturated rings. The number of halogens is 3. The van der Waals surface area contributed by atoms with Crippen LogP contribution >= 0.6 is 0 Å². The fourth-order valence-electron chi connectivity index (χ4n) is 1.72. The summed E-state index contributed by atoms with van der Waals surface area (Å²) in [4.78, 5) is 13.9. The molecule has 2 aromatic rings. The Hall–Kier alpha value is -2.29. The molecule has 0 saturated carbocycles. The van der Waals surface area contributed by atoms with Gasteiger partial charge in [-0.15, -0.1) is 0 Å². The van der Waals surface area contributed by atoms with Crippen molar-refractivity contribution in [2.45, 2.75) is 13.1 Å². The largest absolute Gasteiger partial charge is 0.432 e. The molecule has 0 bridgehead atoms. The van der Waals surface area contributed by atoms with Gasteiger partial charge in [-0.05, 0) is 19.1 Å². The average Bonchev–Trinajstić information content (AvgIpc) is 2.28. The molecule has 1 aromatic carbocycles. The van der Waals surface area contributed by atoms with E-state index in [2.05, 4.69) is 4.98 Å². The molecule has 2 rings (SSSR count). The van der Waals surface area contributed by atoms with Crippen molar-refractivity contribution in [1.29, 1.82) is 5.26 Å². The van der Waals surface area contributed by atoms with Gasteiger partial charge in [0.25, 0.3) is 0 Å². The van der Waals surface area contributed by atoms with Crippen molar-refractivity contribution in [1.82, 2.24) is 4.98 Å². The number of alkyl halides is 3. The van der Waals surface area contributed by atoms with Gasteiger partial charge in [0.1, 0.15) is 17.3 Å². The van der Waals surface area contributed by atoms with Crippen LogP contribution in [0, 0.1) is 18.3 Å². The van der Waals surface area contributed by atoms with Crippen LogP contribution < -0.4 is 5.43 Å². The van der Waals surface area contributed by atoms with Crippen molar-refractivity contribution in [3.05, 3.63) is 45.2 Å². The van der Waals surface area contributed by atoms with Gasteiger partial charge in [0.15, 0.2) is 0 Å². The number of benzene rings is 1. The number of aryl methyl sites for hydroxylation is 1. The van der Waals surface area contributed by atoms with Crippen molar-refractivity contribution < 1.29 is 13.2 Å². The molecule has 0 amide bonds. The Bertz CT molecular complexity index is 723. The highest BCUT2D eigenvalue weighted by Crippen LogP contribution is 2.30. The number of nitriles is 1. The minimum Gasteiger partial charge on any atom is -0.350 e. The number of H-pyrrole nitrogens is 1. The molecule has 18 heavy (non-hydrogen) atoms. The maximum Gasteiger partial charge on any atom is 0.432 e. The minimum absolute atomic E-state index is 0.0666. The normalized spacial score (nSPS) is 11.5. The highest BCUT2D eigenvalue weighted by molar-refractivity contribution is 5.81. The Labute approximate surface area is 99.5 Å². The SMILES string of the molecule is Cc1ccc2[nH]c(C(F)(F)F)c(C#N)c(=O)c2c1. The lowest BCUT2D eigenvalue weighted by molar-refractivity contribution is -0.141. The summed E-state index contributed by atoms with van der Waals surface area (Å²) in [6.45, 7) is 1.71. The zero-order valence-corrected chi connectivity index (χ0v) is 9.22. The highest BCUT2D eigenvalue weighted by atomic mass is 19.4. The first-order chi connectivity index (χ1) is 8.34. The van der Waals surface area contributed by atoms with Crippen LogP contribution in [0.4, 0.5) is 13.2 Å². The van der Waals surface area contributed by atoms with E-state index in [1.165, 1.54) is 18.2 Å². The summed E-state index contributed by atoms with van der Waals surface area (Å²) in [7, 11) is 0. The predicted octanol–water partition coefficient (Wildman–Crippen LogP) is 2.73. The van der Waals surface area contributed by atoms with Crippen LogP contribution in [-0.2, 0) is 6.18 Å². The molecule has 0 aliphatic rings. The zero-order chi connectivity index (χ0) is 13.5. The monoisotopic (exact) mass is 252 g/mol. The van der Waals surface area contributed by atoms with Crippen molar-refractivity contribution in [2.24, 2.45) is 0 Å². The maximum atomic E-state index is 12.7. The summed E-state index contributed by atoms with van der Waals surface area (Å²) in [5.41, 5.74) is -2.30. The van der Waals surface area contributed by atoms with E-state index in [1.807, 2.05) is 0 Å². The van der Waals surface area contributed by atoms with Crippen LogP contribution in [0.15, 0.2) is 23.0 Å². The summed E-state index contributed by atoms with van der Waals surface area (Å²) in [5, 5.41) is 8.80. The molecule has 92 valence electrons. The average molecular weight is 252 g/mol. The first-order valence-corrected chi connectivity index (χ1v) is 4.98. The van der Waals surface area contributed by atoms with Crippen molar-refractivity contribution in [3.63, 3.8) is 0 Å². The number of fused-ring (bicyclic) bond motifs is 1. The molecule has 1 heterocycles. The van der Waals surface area contributed by atoms with Crippen LogP contribution in [0.1, 0.15) is 16.8 Å². The second kappa shape index (κ2) is 3.88. The molecule has 1 N–H and O–H groups in total. The van der Waals surface area contributed by atoms with Crippen LogP contribution in [0.3, 0.4) is 0 Å². The Kier molecular flexibility index (Phi) is 2.62. The molecule has 3 nitrogen and oxygen atoms in total. The number of nitrogens with one attached hydrogen (secondary N) is 1. The van der Waals surface area contributed by atoms with Crippen LogP contribution in [-0.4, -0.2) is 4.98 Å². The van der Waals surface area contributed by atoms with Gasteiger partial charge in [0, 0.05) is 10.9 Å². The lowest BCUT2D eigenvalue weighted by Crippen LogP contribution is -2.19. The lowest BCUT2D eigenvalue weighted by atomic mass is 10.1. The summed E-state index contributed by atoms with van der Waals surface area (Å²) in [6.07, 6.45) is -4.76. The van der Waals surface area contributed by atoms with Crippen molar-refractivity contribution in [3.8, 4) is 6.07 Å². The van der Waals surface area contributed by atoms with E-state index in [1.54, 1.807) is 13.0 Å². The molecule has 0 aliphatic heterocycles. The third kappa shape index (κ3) is 1.84. The van der Waals surface area contributed by atoms with Gasteiger partial charge in [-0.2, -0.15) is 18.4 Å². The second-order valence-electron chi connectivity index (χ2n) is 3.86. The van der Waals surface area contributed by atoms with Gasteiger partial charge in [0.05, 0.1) is 0 Å². The van der Waals surface area contributed by atoms with E-state index in [0.29, 0.717) is 0 Å². The number of hydrogen-bond donors (Lipinski definition) is 1.